The molecule has 0 saturated heterocycles. The van der Waals surface area contributed by atoms with Crippen LogP contribution >= 0.6 is 0 Å². The quantitative estimate of drug-likeness (QED) is 0.600. The van der Waals surface area contributed by atoms with Gasteiger partial charge in [0.25, 0.3) is 5.56 Å². The third kappa shape index (κ3) is 4.37. The van der Waals surface area contributed by atoms with E-state index in [1.807, 2.05) is 32.9 Å². The highest BCUT2D eigenvalue weighted by Gasteiger charge is 2.26. The Balaban J connectivity index is 1.74. The molecule has 0 saturated carbocycles. The molecular weight excluding hydrogens is 422 g/mol. The van der Waals surface area contributed by atoms with Crippen molar-refractivity contribution in [1.29, 1.82) is 0 Å². The van der Waals surface area contributed by atoms with E-state index in [-0.39, 0.29) is 11.7 Å². The molecule has 0 spiro atoms. The Kier molecular flexibility index (Phi) is 5.78. The van der Waals surface area contributed by atoms with Gasteiger partial charge in [0.2, 0.25) is 0 Å². The maximum Gasteiger partial charge on any atom is 0.410 e. The molecule has 4 rings (SSSR count). The Morgan fingerprint density at radius 1 is 1.00 bits per heavy atom. The summed E-state index contributed by atoms with van der Waals surface area (Å²) in [6, 6.07) is 9.56. The third-order valence-corrected chi connectivity index (χ3v) is 5.70. The highest BCUT2D eigenvalue weighted by Crippen LogP contribution is 2.35. The Labute approximate surface area is 192 Å². The van der Waals surface area contributed by atoms with Crippen molar-refractivity contribution in [3.05, 3.63) is 51.8 Å². The van der Waals surface area contributed by atoms with Gasteiger partial charge in [-0.05, 0) is 56.5 Å². The molecular formula is C25H29N3O5. The minimum atomic E-state index is -0.527. The van der Waals surface area contributed by atoms with Gasteiger partial charge in [-0.15, -0.1) is 0 Å². The van der Waals surface area contributed by atoms with E-state index in [4.69, 9.17) is 14.2 Å². The first-order chi connectivity index (χ1) is 15.6. The van der Waals surface area contributed by atoms with E-state index in [1.54, 1.807) is 38.3 Å². The lowest BCUT2D eigenvalue weighted by Gasteiger charge is -2.31. The second-order valence-electron chi connectivity index (χ2n) is 9.17. The molecule has 174 valence electrons. The van der Waals surface area contributed by atoms with E-state index in [1.165, 1.54) is 4.68 Å². The standard InChI is InChI=1S/C25H29N3O5/c1-25(2,3)33-24(30)28-10-9-15-11-16(7-8-17(15)14-28)22-18-12-20(31-5)21(32-6)13-19(18)23(29)27(4)26-22/h7-8,11-13H,9-10,14H2,1-6H3. The van der Waals surface area contributed by atoms with Crippen LogP contribution in [0.4, 0.5) is 4.79 Å². The van der Waals surface area contributed by atoms with Crippen LogP contribution in [-0.2, 0) is 24.8 Å². The van der Waals surface area contributed by atoms with Crippen molar-refractivity contribution in [2.24, 2.45) is 7.05 Å². The number of aromatic nitrogens is 2. The minimum absolute atomic E-state index is 0.208. The van der Waals surface area contributed by atoms with E-state index in [2.05, 4.69) is 11.2 Å². The third-order valence-electron chi connectivity index (χ3n) is 5.70. The molecule has 3 aromatic rings. The zero-order valence-electron chi connectivity index (χ0n) is 19.9. The fraction of sp³-hybridized carbons (Fsp3) is 0.400. The van der Waals surface area contributed by atoms with Crippen LogP contribution in [0.25, 0.3) is 22.0 Å². The number of ether oxygens (including phenoxy) is 3. The number of rotatable bonds is 3. The zero-order valence-corrected chi connectivity index (χ0v) is 19.9. The van der Waals surface area contributed by atoms with E-state index in [0.717, 1.165) is 16.7 Å². The van der Waals surface area contributed by atoms with Gasteiger partial charge in [-0.3, -0.25) is 4.79 Å². The van der Waals surface area contributed by atoms with Gasteiger partial charge in [0.15, 0.2) is 11.5 Å². The van der Waals surface area contributed by atoms with Crippen molar-refractivity contribution in [1.82, 2.24) is 14.7 Å². The van der Waals surface area contributed by atoms with Gasteiger partial charge in [-0.1, -0.05) is 12.1 Å². The van der Waals surface area contributed by atoms with Crippen LogP contribution in [0.15, 0.2) is 35.1 Å². The average molecular weight is 452 g/mol. The summed E-state index contributed by atoms with van der Waals surface area (Å²) in [7, 11) is 4.74. The number of nitrogens with zero attached hydrogens (tertiary/aromatic N) is 3. The summed E-state index contributed by atoms with van der Waals surface area (Å²) in [5, 5.41) is 5.76. The predicted molar refractivity (Wildman–Crippen MR) is 126 cm³/mol. The van der Waals surface area contributed by atoms with E-state index >= 15 is 0 Å². The summed E-state index contributed by atoms with van der Waals surface area (Å²) < 4.78 is 17.7. The molecule has 0 unspecified atom stereocenters. The normalized spacial score (nSPS) is 13.6. The molecule has 2 heterocycles. The molecule has 8 nitrogen and oxygen atoms in total. The topological polar surface area (TPSA) is 82.9 Å². The summed E-state index contributed by atoms with van der Waals surface area (Å²) in [4.78, 5) is 27.0. The van der Waals surface area contributed by atoms with Gasteiger partial charge >= 0.3 is 6.09 Å². The minimum Gasteiger partial charge on any atom is -0.493 e. The first kappa shape index (κ1) is 22.6. The highest BCUT2D eigenvalue weighted by atomic mass is 16.6. The van der Waals surface area contributed by atoms with Crippen molar-refractivity contribution in [3.8, 4) is 22.8 Å². The highest BCUT2D eigenvalue weighted by molar-refractivity contribution is 5.96. The first-order valence-electron chi connectivity index (χ1n) is 10.8. The van der Waals surface area contributed by atoms with Gasteiger partial charge in [0.1, 0.15) is 5.60 Å². The summed E-state index contributed by atoms with van der Waals surface area (Å²) >= 11 is 0. The van der Waals surface area contributed by atoms with Crippen LogP contribution in [0.3, 0.4) is 0 Å². The zero-order chi connectivity index (χ0) is 23.9. The van der Waals surface area contributed by atoms with E-state index < -0.39 is 5.60 Å². The molecule has 0 atom stereocenters. The van der Waals surface area contributed by atoms with Crippen molar-refractivity contribution in [2.45, 2.75) is 39.3 Å². The fourth-order valence-corrected chi connectivity index (χ4v) is 4.07. The molecule has 1 aromatic heterocycles. The van der Waals surface area contributed by atoms with Crippen molar-refractivity contribution in [3.63, 3.8) is 0 Å². The van der Waals surface area contributed by atoms with Crippen LogP contribution in [0, 0.1) is 0 Å². The molecule has 1 amide bonds. The van der Waals surface area contributed by atoms with Gasteiger partial charge in [-0.2, -0.15) is 5.10 Å². The van der Waals surface area contributed by atoms with Gasteiger partial charge in [0.05, 0.1) is 25.3 Å². The average Bonchev–Trinajstić information content (AvgIpc) is 2.78. The lowest BCUT2D eigenvalue weighted by molar-refractivity contribution is 0.0224. The maximum absolute atomic E-state index is 12.8. The van der Waals surface area contributed by atoms with Gasteiger partial charge in [0, 0.05) is 31.1 Å². The summed E-state index contributed by atoms with van der Waals surface area (Å²) in [5.74, 6) is 1.03. The molecule has 1 aliphatic rings. The number of hydrogen-bond donors (Lipinski definition) is 0. The Morgan fingerprint density at radius 3 is 2.30 bits per heavy atom. The molecule has 1 aliphatic heterocycles. The van der Waals surface area contributed by atoms with Crippen molar-refractivity contribution >= 4 is 16.9 Å². The largest absolute Gasteiger partial charge is 0.493 e. The molecule has 0 aliphatic carbocycles. The molecule has 8 heteroatoms. The SMILES string of the molecule is COc1cc2c(-c3ccc4c(c3)CCN(C(=O)OC(C)(C)C)C4)nn(C)c(=O)c2cc1OC. The Morgan fingerprint density at radius 2 is 1.67 bits per heavy atom. The summed E-state index contributed by atoms with van der Waals surface area (Å²) in [6.07, 6.45) is 0.410. The van der Waals surface area contributed by atoms with Crippen LogP contribution in [0.2, 0.25) is 0 Å². The molecule has 2 aromatic carbocycles. The molecule has 0 N–H and O–H groups in total. The van der Waals surface area contributed by atoms with Crippen molar-refractivity contribution < 1.29 is 19.0 Å². The number of carbonyl (C=O) groups is 1. The number of amides is 1. The van der Waals surface area contributed by atoms with Gasteiger partial charge < -0.3 is 19.1 Å². The fourth-order valence-electron chi connectivity index (χ4n) is 4.07. The summed E-state index contributed by atoms with van der Waals surface area (Å²) in [6.45, 7) is 6.67. The Hall–Kier alpha value is -3.55. The second kappa shape index (κ2) is 8.42. The number of aryl methyl sites for hydroxylation is 1. The first-order valence-corrected chi connectivity index (χ1v) is 10.8. The van der Waals surface area contributed by atoms with Crippen LogP contribution in [0.1, 0.15) is 31.9 Å². The predicted octanol–water partition coefficient (Wildman–Crippen LogP) is 3.91. The lowest BCUT2D eigenvalue weighted by atomic mass is 9.95. The maximum atomic E-state index is 12.8. The number of fused-ring (bicyclic) bond motifs is 2. The number of methoxy groups -OCH3 is 2. The van der Waals surface area contributed by atoms with E-state index in [9.17, 15) is 9.59 Å². The van der Waals surface area contributed by atoms with Gasteiger partial charge in [-0.25, -0.2) is 9.48 Å². The second-order valence-corrected chi connectivity index (χ2v) is 9.17. The number of benzene rings is 2. The van der Waals surface area contributed by atoms with Crippen LogP contribution in [-0.4, -0.2) is 47.1 Å². The lowest BCUT2D eigenvalue weighted by Crippen LogP contribution is -2.39. The molecule has 33 heavy (non-hydrogen) atoms. The number of hydrogen-bond acceptors (Lipinski definition) is 6. The molecule has 0 bridgehead atoms. The van der Waals surface area contributed by atoms with E-state index in [0.29, 0.717) is 47.5 Å². The Bertz CT molecular complexity index is 1290. The van der Waals surface area contributed by atoms with Crippen LogP contribution < -0.4 is 15.0 Å². The molecule has 0 radical (unpaired) electrons. The number of carbonyl (C=O) groups excluding carboxylic acids is 1. The summed E-state index contributed by atoms with van der Waals surface area (Å²) in [5.41, 5.74) is 3.07. The van der Waals surface area contributed by atoms with Crippen LogP contribution in [0.5, 0.6) is 11.5 Å². The van der Waals surface area contributed by atoms with Crippen molar-refractivity contribution in [2.75, 3.05) is 20.8 Å². The molecule has 0 fully saturated rings. The smallest absolute Gasteiger partial charge is 0.410 e. The monoisotopic (exact) mass is 451 g/mol.